The monoisotopic (exact) mass is 408 g/mol. The molecular weight excluding hydrogens is 384 g/mol. The van der Waals surface area contributed by atoms with Gasteiger partial charge in [-0.05, 0) is 62.1 Å². The number of esters is 1. The fourth-order valence-electron chi connectivity index (χ4n) is 5.52. The normalized spacial score (nSPS) is 32.8. The highest BCUT2D eigenvalue weighted by atomic mass is 16.5. The fraction of sp³-hybridized carbons (Fsp3) is 0.478. The number of carbonyl (C=O) groups excluding carboxylic acids is 4. The number of nitrogens with one attached hydrogen (secondary N) is 1. The minimum Gasteiger partial charge on any atom is -0.459 e. The van der Waals surface area contributed by atoms with E-state index in [1.165, 1.54) is 6.07 Å². The molecular formula is C23H24N2O5. The quantitative estimate of drug-likeness (QED) is 0.458. The van der Waals surface area contributed by atoms with Crippen LogP contribution in [0.25, 0.3) is 0 Å². The molecule has 0 spiro atoms. The summed E-state index contributed by atoms with van der Waals surface area (Å²) in [6, 6.07) is 6.42. The molecule has 3 fully saturated rings. The number of nitrogens with zero attached hydrogens (tertiary/aromatic N) is 1. The second-order valence-corrected chi connectivity index (χ2v) is 9.00. The summed E-state index contributed by atoms with van der Waals surface area (Å²) in [6.07, 6.45) is 5.07. The van der Waals surface area contributed by atoms with Crippen molar-refractivity contribution in [2.24, 2.45) is 35.5 Å². The van der Waals surface area contributed by atoms with Gasteiger partial charge >= 0.3 is 5.97 Å². The van der Waals surface area contributed by atoms with E-state index in [1.54, 1.807) is 32.0 Å². The van der Waals surface area contributed by atoms with Crippen LogP contribution in [0.4, 0.5) is 5.69 Å². The third-order valence-corrected chi connectivity index (χ3v) is 6.78. The van der Waals surface area contributed by atoms with Gasteiger partial charge in [0.05, 0.1) is 23.5 Å². The minimum atomic E-state index is -0.475. The summed E-state index contributed by atoms with van der Waals surface area (Å²) in [4.78, 5) is 51.7. The zero-order chi connectivity index (χ0) is 21.2. The van der Waals surface area contributed by atoms with Crippen molar-refractivity contribution in [2.45, 2.75) is 26.4 Å². The van der Waals surface area contributed by atoms with E-state index in [0.29, 0.717) is 23.1 Å². The van der Waals surface area contributed by atoms with Gasteiger partial charge in [0.2, 0.25) is 17.7 Å². The van der Waals surface area contributed by atoms with Crippen molar-refractivity contribution in [2.75, 3.05) is 11.9 Å². The maximum absolute atomic E-state index is 13.0. The van der Waals surface area contributed by atoms with E-state index in [1.807, 2.05) is 0 Å². The molecule has 1 N–H and O–H groups in total. The molecule has 1 aliphatic heterocycles. The Morgan fingerprint density at radius 3 is 2.33 bits per heavy atom. The van der Waals surface area contributed by atoms with Gasteiger partial charge in [-0.25, -0.2) is 4.79 Å². The molecule has 5 aliphatic rings. The van der Waals surface area contributed by atoms with Crippen LogP contribution in [0.5, 0.6) is 0 Å². The van der Waals surface area contributed by atoms with Gasteiger partial charge in [-0.15, -0.1) is 0 Å². The molecule has 1 aromatic carbocycles. The van der Waals surface area contributed by atoms with Gasteiger partial charge in [0.15, 0.2) is 0 Å². The van der Waals surface area contributed by atoms with Crippen LogP contribution in [0, 0.1) is 35.5 Å². The average molecular weight is 408 g/mol. The number of likely N-dealkylation sites (tertiary alicyclic amines) is 1. The number of rotatable bonds is 5. The van der Waals surface area contributed by atoms with Gasteiger partial charge in [-0.3, -0.25) is 19.3 Å². The number of hydrogen-bond acceptors (Lipinski definition) is 5. The number of benzene rings is 1. The van der Waals surface area contributed by atoms with E-state index in [0.717, 1.165) is 11.3 Å². The predicted octanol–water partition coefficient (Wildman–Crippen LogP) is 2.24. The van der Waals surface area contributed by atoms with Crippen LogP contribution in [0.2, 0.25) is 0 Å². The highest BCUT2D eigenvalue weighted by Crippen LogP contribution is 2.65. The number of imide groups is 1. The molecule has 156 valence electrons. The molecule has 4 aliphatic carbocycles. The van der Waals surface area contributed by atoms with Crippen LogP contribution in [0.3, 0.4) is 0 Å². The number of ether oxygens (including phenoxy) is 1. The summed E-state index contributed by atoms with van der Waals surface area (Å²) in [5.41, 5.74) is 0.736. The zero-order valence-electron chi connectivity index (χ0n) is 16.9. The molecule has 0 aromatic heterocycles. The Hall–Kier alpha value is -2.96. The second-order valence-electron chi connectivity index (χ2n) is 9.00. The summed E-state index contributed by atoms with van der Waals surface area (Å²) in [5, 5.41) is 2.69. The van der Waals surface area contributed by atoms with Crippen molar-refractivity contribution < 1.29 is 23.9 Å². The molecule has 0 unspecified atom stereocenters. The first-order valence-electron chi connectivity index (χ1n) is 10.5. The number of carbonyl (C=O) groups is 4. The maximum Gasteiger partial charge on any atom is 0.338 e. The Balaban J connectivity index is 1.26. The van der Waals surface area contributed by atoms with Crippen LogP contribution in [-0.4, -0.2) is 41.2 Å². The Kier molecular flexibility index (Phi) is 4.31. The molecule has 3 amide bonds. The largest absolute Gasteiger partial charge is 0.459 e. The van der Waals surface area contributed by atoms with Crippen LogP contribution >= 0.6 is 0 Å². The van der Waals surface area contributed by atoms with E-state index < -0.39 is 11.9 Å². The molecule has 7 nitrogen and oxygen atoms in total. The summed E-state index contributed by atoms with van der Waals surface area (Å²) in [5.74, 6) is -0.669. The van der Waals surface area contributed by atoms with Crippen molar-refractivity contribution in [3.8, 4) is 0 Å². The Morgan fingerprint density at radius 2 is 1.73 bits per heavy atom. The molecule has 30 heavy (non-hydrogen) atoms. The number of allylic oxidation sites excluding steroid dienone is 2. The Bertz CT molecular complexity index is 948. The smallest absolute Gasteiger partial charge is 0.338 e. The van der Waals surface area contributed by atoms with Crippen LogP contribution in [0.1, 0.15) is 30.6 Å². The van der Waals surface area contributed by atoms with Gasteiger partial charge in [0.25, 0.3) is 0 Å². The first-order valence-corrected chi connectivity index (χ1v) is 10.5. The molecule has 0 radical (unpaired) electrons. The van der Waals surface area contributed by atoms with Crippen LogP contribution < -0.4 is 5.32 Å². The maximum atomic E-state index is 13.0. The lowest BCUT2D eigenvalue weighted by Gasteiger charge is -2.37. The zero-order valence-corrected chi connectivity index (χ0v) is 16.9. The molecule has 2 bridgehead atoms. The van der Waals surface area contributed by atoms with Crippen molar-refractivity contribution >= 4 is 29.4 Å². The third-order valence-electron chi connectivity index (χ3n) is 6.78. The number of hydrogen-bond donors (Lipinski definition) is 1. The summed E-state index contributed by atoms with van der Waals surface area (Å²) >= 11 is 0. The van der Waals surface area contributed by atoms with Gasteiger partial charge < -0.3 is 10.1 Å². The molecule has 6 rings (SSSR count). The lowest BCUT2D eigenvalue weighted by atomic mass is 9.63. The van der Waals surface area contributed by atoms with E-state index in [2.05, 4.69) is 17.5 Å². The van der Waals surface area contributed by atoms with Crippen molar-refractivity contribution in [3.05, 3.63) is 42.0 Å². The van der Waals surface area contributed by atoms with E-state index >= 15 is 0 Å². The molecule has 1 heterocycles. The molecule has 1 aromatic rings. The van der Waals surface area contributed by atoms with E-state index in [-0.39, 0.29) is 48.1 Å². The topological polar surface area (TPSA) is 92.8 Å². The lowest BCUT2D eigenvalue weighted by Crippen LogP contribution is -2.40. The molecule has 1 saturated heterocycles. The van der Waals surface area contributed by atoms with Crippen LogP contribution in [0.15, 0.2) is 36.4 Å². The fourth-order valence-corrected chi connectivity index (χ4v) is 5.52. The molecule has 2 saturated carbocycles. The number of amides is 3. The van der Waals surface area contributed by atoms with E-state index in [9.17, 15) is 19.2 Å². The van der Waals surface area contributed by atoms with Gasteiger partial charge in [0, 0.05) is 5.69 Å². The average Bonchev–Trinajstić information content (AvgIpc) is 3.49. The van der Waals surface area contributed by atoms with Crippen molar-refractivity contribution in [1.82, 2.24) is 4.90 Å². The van der Waals surface area contributed by atoms with Gasteiger partial charge in [0.1, 0.15) is 6.54 Å². The summed E-state index contributed by atoms with van der Waals surface area (Å²) < 4.78 is 5.17. The van der Waals surface area contributed by atoms with E-state index in [4.69, 9.17) is 4.74 Å². The van der Waals surface area contributed by atoms with Crippen LogP contribution in [-0.2, 0) is 19.1 Å². The van der Waals surface area contributed by atoms with Crippen molar-refractivity contribution in [3.63, 3.8) is 0 Å². The SMILES string of the molecule is CC(C)OC(=O)c1cccc(NC(=O)CN2C(=O)[C@@H]3[C@H]4C=C[C@@H]([C@@H]5C[C@H]45)[C@@H]3C2=O)c1. The van der Waals surface area contributed by atoms with Crippen molar-refractivity contribution in [1.29, 1.82) is 0 Å². The Labute approximate surface area is 174 Å². The highest BCUT2D eigenvalue weighted by Gasteiger charge is 2.67. The first-order chi connectivity index (χ1) is 14.3. The summed E-state index contributed by atoms with van der Waals surface area (Å²) in [6.45, 7) is 3.22. The lowest BCUT2D eigenvalue weighted by molar-refractivity contribution is -0.142. The first kappa shape index (κ1) is 19.0. The highest BCUT2D eigenvalue weighted by molar-refractivity contribution is 6.09. The second kappa shape index (κ2) is 6.79. The summed E-state index contributed by atoms with van der Waals surface area (Å²) in [7, 11) is 0. The third kappa shape index (κ3) is 2.95. The molecule has 7 heteroatoms. The standard InChI is InChI=1S/C23H24N2O5/c1-11(2)30-23(29)12-4-3-5-13(8-12)24-18(26)10-25-21(27)19-14-6-7-15(17-9-16(14)17)20(19)22(25)28/h3-8,11,14-17,19-20H,9-10H2,1-2H3,(H,24,26)/t14-,15-,16-,17+,19-,20+/m0/s1. The predicted molar refractivity (Wildman–Crippen MR) is 107 cm³/mol. The van der Waals surface area contributed by atoms with Gasteiger partial charge in [-0.2, -0.15) is 0 Å². The number of anilines is 1. The van der Waals surface area contributed by atoms with Gasteiger partial charge in [-0.1, -0.05) is 18.2 Å². The Morgan fingerprint density at radius 1 is 1.10 bits per heavy atom. The minimum absolute atomic E-state index is 0.137. The molecule has 6 atom stereocenters.